The van der Waals surface area contributed by atoms with Crippen LogP contribution in [0.5, 0.6) is 0 Å². The highest BCUT2D eigenvalue weighted by Gasteiger charge is 2.15. The first-order valence-electron chi connectivity index (χ1n) is 6.90. The molecule has 1 N–H and O–H groups in total. The molecule has 2 heterocycles. The van der Waals surface area contributed by atoms with Crippen molar-refractivity contribution in [2.75, 3.05) is 6.54 Å². The van der Waals surface area contributed by atoms with E-state index >= 15 is 0 Å². The lowest BCUT2D eigenvalue weighted by Crippen LogP contribution is -2.33. The Bertz CT molecular complexity index is 782. The maximum absolute atomic E-state index is 12.0. The molecule has 0 radical (unpaired) electrons. The third kappa shape index (κ3) is 3.01. The van der Waals surface area contributed by atoms with Crippen molar-refractivity contribution in [2.45, 2.75) is 19.5 Å². The van der Waals surface area contributed by atoms with Crippen molar-refractivity contribution < 1.29 is 4.79 Å². The highest BCUT2D eigenvalue weighted by atomic mass is 79.9. The van der Waals surface area contributed by atoms with E-state index in [2.05, 4.69) is 59.5 Å². The van der Waals surface area contributed by atoms with E-state index in [0.717, 1.165) is 9.99 Å². The molecule has 0 spiro atoms. The lowest BCUT2D eigenvalue weighted by molar-refractivity contribution is -0.124. The van der Waals surface area contributed by atoms with E-state index in [1.807, 2.05) is 12.3 Å². The molecule has 0 unspecified atom stereocenters. The van der Waals surface area contributed by atoms with Crippen LogP contribution in [0.25, 0.3) is 10.9 Å². The summed E-state index contributed by atoms with van der Waals surface area (Å²) in [5.41, 5.74) is 1.14. The van der Waals surface area contributed by atoms with Gasteiger partial charge in [0.25, 0.3) is 0 Å². The molecular formula is C14H15BrN6O. The number of tetrazole rings is 1. The van der Waals surface area contributed by atoms with Gasteiger partial charge in [-0.3, -0.25) is 4.79 Å². The Hall–Kier alpha value is -2.22. The molecule has 2 aromatic heterocycles. The molecule has 7 nitrogen and oxygen atoms in total. The number of rotatable bonds is 5. The molecular weight excluding hydrogens is 348 g/mol. The van der Waals surface area contributed by atoms with Gasteiger partial charge in [0.05, 0.1) is 0 Å². The van der Waals surface area contributed by atoms with Crippen LogP contribution < -0.4 is 5.32 Å². The number of carbonyl (C=O) groups excluding carboxylic acids is 1. The quantitative estimate of drug-likeness (QED) is 0.750. The van der Waals surface area contributed by atoms with Gasteiger partial charge in [0.15, 0.2) is 0 Å². The molecule has 3 rings (SSSR count). The molecule has 1 atom stereocenters. The fraction of sp³-hybridized carbons (Fsp3) is 0.286. The summed E-state index contributed by atoms with van der Waals surface area (Å²) in [6, 6.07) is 7.79. The predicted octanol–water partition coefficient (Wildman–Crippen LogP) is 1.77. The van der Waals surface area contributed by atoms with Crippen LogP contribution in [-0.4, -0.2) is 37.2 Å². The fourth-order valence-corrected chi connectivity index (χ4v) is 2.61. The summed E-state index contributed by atoms with van der Waals surface area (Å²) in [4.78, 5) is 12.0. The minimum atomic E-state index is -0.425. The SMILES string of the molecule is C[C@@H](C(=O)NCCn1ccc2ccc(Br)cc21)n1cnnn1. The van der Waals surface area contributed by atoms with Crippen LogP contribution in [0.4, 0.5) is 0 Å². The number of hydrogen-bond acceptors (Lipinski definition) is 4. The average molecular weight is 363 g/mol. The smallest absolute Gasteiger partial charge is 0.244 e. The van der Waals surface area contributed by atoms with Crippen LogP contribution in [0.3, 0.4) is 0 Å². The third-order valence-corrected chi connectivity index (χ3v) is 4.02. The third-order valence-electron chi connectivity index (χ3n) is 3.53. The van der Waals surface area contributed by atoms with E-state index in [-0.39, 0.29) is 5.91 Å². The molecule has 0 aliphatic carbocycles. The molecule has 0 bridgehead atoms. The molecule has 114 valence electrons. The minimum absolute atomic E-state index is 0.107. The summed E-state index contributed by atoms with van der Waals surface area (Å²) in [5, 5.41) is 14.9. The van der Waals surface area contributed by atoms with Crippen molar-refractivity contribution in [1.82, 2.24) is 30.1 Å². The van der Waals surface area contributed by atoms with Gasteiger partial charge < -0.3 is 9.88 Å². The Morgan fingerprint density at radius 3 is 3.05 bits per heavy atom. The molecule has 1 amide bonds. The zero-order chi connectivity index (χ0) is 15.5. The van der Waals surface area contributed by atoms with E-state index in [0.29, 0.717) is 13.1 Å². The summed E-state index contributed by atoms with van der Waals surface area (Å²) in [7, 11) is 0. The molecule has 0 fully saturated rings. The summed E-state index contributed by atoms with van der Waals surface area (Å²) < 4.78 is 4.58. The van der Waals surface area contributed by atoms with Gasteiger partial charge in [-0.15, -0.1) is 5.10 Å². The Balaban J connectivity index is 1.60. The number of nitrogens with one attached hydrogen (secondary N) is 1. The maximum atomic E-state index is 12.0. The standard InChI is InChI=1S/C14H15BrN6O/c1-10(21-9-17-18-19-21)14(22)16-5-7-20-6-4-11-2-3-12(15)8-13(11)20/h2-4,6,8-10H,5,7H2,1H3,(H,16,22)/t10-/m0/s1. The highest BCUT2D eigenvalue weighted by Crippen LogP contribution is 2.20. The lowest BCUT2D eigenvalue weighted by atomic mass is 10.2. The van der Waals surface area contributed by atoms with Crippen LogP contribution in [0.1, 0.15) is 13.0 Å². The Morgan fingerprint density at radius 1 is 1.41 bits per heavy atom. The Morgan fingerprint density at radius 2 is 2.27 bits per heavy atom. The van der Waals surface area contributed by atoms with Gasteiger partial charge in [-0.05, 0) is 40.9 Å². The van der Waals surface area contributed by atoms with E-state index in [1.165, 1.54) is 16.4 Å². The van der Waals surface area contributed by atoms with Crippen molar-refractivity contribution in [3.8, 4) is 0 Å². The monoisotopic (exact) mass is 362 g/mol. The van der Waals surface area contributed by atoms with Crippen molar-refractivity contribution in [3.05, 3.63) is 41.3 Å². The molecule has 0 aliphatic rings. The van der Waals surface area contributed by atoms with Crippen LogP contribution in [0.2, 0.25) is 0 Å². The van der Waals surface area contributed by atoms with Gasteiger partial charge in [-0.1, -0.05) is 22.0 Å². The van der Waals surface area contributed by atoms with Gasteiger partial charge in [0, 0.05) is 29.3 Å². The molecule has 0 aliphatic heterocycles. The van der Waals surface area contributed by atoms with Gasteiger partial charge >= 0.3 is 0 Å². The van der Waals surface area contributed by atoms with Crippen molar-refractivity contribution in [1.29, 1.82) is 0 Å². The van der Waals surface area contributed by atoms with Crippen molar-refractivity contribution >= 4 is 32.7 Å². The minimum Gasteiger partial charge on any atom is -0.352 e. The molecule has 8 heteroatoms. The lowest BCUT2D eigenvalue weighted by Gasteiger charge is -2.12. The Kier molecular flexibility index (Phi) is 4.19. The predicted molar refractivity (Wildman–Crippen MR) is 85.2 cm³/mol. The van der Waals surface area contributed by atoms with Crippen LogP contribution >= 0.6 is 15.9 Å². The molecule has 0 saturated carbocycles. The number of hydrogen-bond donors (Lipinski definition) is 1. The number of aromatic nitrogens is 5. The van der Waals surface area contributed by atoms with E-state index in [4.69, 9.17) is 0 Å². The molecule has 22 heavy (non-hydrogen) atoms. The zero-order valence-electron chi connectivity index (χ0n) is 12.0. The van der Waals surface area contributed by atoms with Crippen molar-refractivity contribution in [3.63, 3.8) is 0 Å². The molecule has 1 aromatic carbocycles. The first-order valence-corrected chi connectivity index (χ1v) is 7.69. The van der Waals surface area contributed by atoms with Gasteiger partial charge in [0.1, 0.15) is 12.4 Å². The molecule has 3 aromatic rings. The first-order chi connectivity index (χ1) is 10.6. The second-order valence-electron chi connectivity index (χ2n) is 4.97. The number of amides is 1. The normalized spacial score (nSPS) is 12.5. The second kappa shape index (κ2) is 6.27. The van der Waals surface area contributed by atoms with Crippen LogP contribution in [0, 0.1) is 0 Å². The van der Waals surface area contributed by atoms with Gasteiger partial charge in [-0.25, -0.2) is 4.68 Å². The first kappa shape index (κ1) is 14.7. The summed E-state index contributed by atoms with van der Waals surface area (Å²) in [5.74, 6) is -0.107. The van der Waals surface area contributed by atoms with Gasteiger partial charge in [-0.2, -0.15) is 0 Å². The topological polar surface area (TPSA) is 77.6 Å². The number of halogens is 1. The maximum Gasteiger partial charge on any atom is 0.244 e. The second-order valence-corrected chi connectivity index (χ2v) is 5.88. The Labute approximate surface area is 135 Å². The average Bonchev–Trinajstić information content (AvgIpc) is 3.16. The van der Waals surface area contributed by atoms with Crippen LogP contribution in [0.15, 0.2) is 41.3 Å². The van der Waals surface area contributed by atoms with Gasteiger partial charge in [0.2, 0.25) is 5.91 Å². The number of benzene rings is 1. The summed E-state index contributed by atoms with van der Waals surface area (Å²) in [6.45, 7) is 3.00. The highest BCUT2D eigenvalue weighted by molar-refractivity contribution is 9.10. The number of nitrogens with zero attached hydrogens (tertiary/aromatic N) is 5. The number of carbonyl (C=O) groups is 1. The zero-order valence-corrected chi connectivity index (χ0v) is 13.6. The fourth-order valence-electron chi connectivity index (χ4n) is 2.27. The summed E-state index contributed by atoms with van der Waals surface area (Å²) in [6.07, 6.45) is 3.45. The summed E-state index contributed by atoms with van der Waals surface area (Å²) >= 11 is 3.48. The van der Waals surface area contributed by atoms with E-state index < -0.39 is 6.04 Å². The van der Waals surface area contributed by atoms with Crippen LogP contribution in [-0.2, 0) is 11.3 Å². The molecule has 0 saturated heterocycles. The number of fused-ring (bicyclic) bond motifs is 1. The van der Waals surface area contributed by atoms with E-state index in [1.54, 1.807) is 6.92 Å². The van der Waals surface area contributed by atoms with Crippen molar-refractivity contribution in [2.24, 2.45) is 0 Å². The largest absolute Gasteiger partial charge is 0.352 e. The van der Waals surface area contributed by atoms with E-state index in [9.17, 15) is 4.79 Å².